The highest BCUT2D eigenvalue weighted by molar-refractivity contribution is 5.63. The number of amides is 1. The molecule has 0 bridgehead atoms. The zero-order chi connectivity index (χ0) is 5.86. The van der Waals surface area contributed by atoms with E-state index in [4.69, 9.17) is 5.11 Å². The Bertz CT molecular complexity index is 72.1. The fraction of sp³-hybridized carbons (Fsp3) is 0. The number of nitrogens with two attached hydrogens (primary N) is 2. The minimum Gasteiger partial charge on any atom is -0.463 e. The molecule has 0 radical (unpaired) electrons. The third-order valence-corrected chi connectivity index (χ3v) is 0.345. The largest absolute Gasteiger partial charge is 0.463 e. The molecule has 7 heavy (non-hydrogen) atoms. The van der Waals surface area contributed by atoms with Crippen molar-refractivity contribution in [3.8, 4) is 0 Å². The van der Waals surface area contributed by atoms with Crippen LogP contribution in [0.3, 0.4) is 0 Å². The summed E-state index contributed by atoms with van der Waals surface area (Å²) in [5, 5.41) is 8.08. The fourth-order valence-electron chi connectivity index (χ4n) is 0.0552. The van der Waals surface area contributed by atoms with Crippen LogP contribution >= 0.6 is 0 Å². The van der Waals surface area contributed by atoms with Crippen LogP contribution in [0.25, 0.3) is 0 Å². The van der Waals surface area contributed by atoms with Gasteiger partial charge in [-0.05, 0) is 0 Å². The molecule has 6 heteroatoms. The first-order chi connectivity index (χ1) is 3.18. The molecule has 0 aromatic rings. The van der Waals surface area contributed by atoms with E-state index in [-0.39, 0.29) is 5.12 Å². The van der Waals surface area contributed by atoms with Gasteiger partial charge < -0.3 is 5.11 Å². The number of hydrogen-bond acceptors (Lipinski definition) is 4. The smallest absolute Gasteiger partial charge is 0.437 e. The summed E-state index contributed by atoms with van der Waals surface area (Å²) in [6.07, 6.45) is -1.33. The van der Waals surface area contributed by atoms with Gasteiger partial charge in [0.1, 0.15) is 0 Å². The first-order valence-corrected chi connectivity index (χ1v) is 1.42. The molecule has 0 atom stereocenters. The number of rotatable bonds is 1. The van der Waals surface area contributed by atoms with E-state index in [1.165, 1.54) is 0 Å². The number of carbonyl (C=O) groups is 1. The highest BCUT2D eigenvalue weighted by Gasteiger charge is 1.99. The Morgan fingerprint density at radius 1 is 1.86 bits per heavy atom. The predicted octanol–water partition coefficient (Wildman–Crippen LogP) is -1.78. The molecule has 6 N–H and O–H groups in total. The Morgan fingerprint density at radius 3 is 2.29 bits per heavy atom. The fourth-order valence-corrected chi connectivity index (χ4v) is 0.0552. The molecular formula is CH6N4O2. The topological polar surface area (TPSA) is 105 Å². The van der Waals surface area contributed by atoms with Gasteiger partial charge in [-0.3, -0.25) is 5.84 Å². The van der Waals surface area contributed by atoms with E-state index in [9.17, 15) is 4.79 Å². The number of nitrogens with one attached hydrogen (secondary N) is 1. The summed E-state index contributed by atoms with van der Waals surface area (Å²) >= 11 is 0. The highest BCUT2D eigenvalue weighted by Crippen LogP contribution is 1.63. The normalized spacial score (nSPS) is 8.29. The van der Waals surface area contributed by atoms with Crippen LogP contribution in [-0.2, 0) is 0 Å². The van der Waals surface area contributed by atoms with Crippen molar-refractivity contribution in [2.75, 3.05) is 0 Å². The second-order valence-electron chi connectivity index (χ2n) is 0.782. The number of nitrogens with zero attached hydrogens (tertiary/aromatic N) is 1. The molecule has 0 saturated carbocycles. The first kappa shape index (κ1) is 6.15. The van der Waals surface area contributed by atoms with Crippen molar-refractivity contribution in [3.63, 3.8) is 0 Å². The molecule has 0 saturated heterocycles. The van der Waals surface area contributed by atoms with Crippen molar-refractivity contribution in [2.45, 2.75) is 0 Å². The average molecular weight is 106 g/mol. The SMILES string of the molecule is NNN(N)C(=O)O. The summed E-state index contributed by atoms with van der Waals surface area (Å²) in [7, 11) is 0. The van der Waals surface area contributed by atoms with Gasteiger partial charge in [0, 0.05) is 0 Å². The Morgan fingerprint density at radius 2 is 2.29 bits per heavy atom. The van der Waals surface area contributed by atoms with Crippen molar-refractivity contribution in [3.05, 3.63) is 0 Å². The Kier molecular flexibility index (Phi) is 2.06. The lowest BCUT2D eigenvalue weighted by Gasteiger charge is -2.06. The van der Waals surface area contributed by atoms with Crippen LogP contribution < -0.4 is 17.2 Å². The van der Waals surface area contributed by atoms with Crippen LogP contribution in [0.2, 0.25) is 0 Å². The van der Waals surface area contributed by atoms with Gasteiger partial charge in [-0.15, -0.1) is 0 Å². The lowest BCUT2D eigenvalue weighted by molar-refractivity contribution is 0.121. The van der Waals surface area contributed by atoms with Gasteiger partial charge in [0.2, 0.25) is 0 Å². The lowest BCUT2D eigenvalue weighted by Crippen LogP contribution is -2.50. The van der Waals surface area contributed by atoms with Gasteiger partial charge in [0.05, 0.1) is 0 Å². The second-order valence-corrected chi connectivity index (χ2v) is 0.782. The summed E-state index contributed by atoms with van der Waals surface area (Å²) < 4.78 is 0. The Labute approximate surface area is 39.6 Å². The summed E-state index contributed by atoms with van der Waals surface area (Å²) in [6.45, 7) is 0. The van der Waals surface area contributed by atoms with E-state index >= 15 is 0 Å². The molecule has 6 nitrogen and oxygen atoms in total. The van der Waals surface area contributed by atoms with Crippen molar-refractivity contribution < 1.29 is 9.90 Å². The van der Waals surface area contributed by atoms with Crippen LogP contribution in [0.5, 0.6) is 0 Å². The molecule has 0 heterocycles. The summed E-state index contributed by atoms with van der Waals surface area (Å²) in [5.41, 5.74) is 1.68. The standard InChI is InChI=1S/CH6N4O2/c2-4-5(3)1(6)7/h4H,2-3H2,(H,6,7). The summed E-state index contributed by atoms with van der Waals surface area (Å²) in [5.74, 6) is 9.16. The van der Waals surface area contributed by atoms with E-state index in [1.54, 1.807) is 5.53 Å². The maximum Gasteiger partial charge on any atom is 0.437 e. The lowest BCUT2D eigenvalue weighted by atomic mass is 11.2. The van der Waals surface area contributed by atoms with Gasteiger partial charge in [0.25, 0.3) is 0 Å². The molecule has 0 fully saturated rings. The van der Waals surface area contributed by atoms with Crippen LogP contribution in [0.1, 0.15) is 0 Å². The van der Waals surface area contributed by atoms with Crippen LogP contribution in [0, 0.1) is 0 Å². The minimum atomic E-state index is -1.33. The molecule has 0 spiro atoms. The minimum absolute atomic E-state index is 0.236. The maximum atomic E-state index is 9.59. The van der Waals surface area contributed by atoms with Crippen molar-refractivity contribution in [2.24, 2.45) is 11.7 Å². The van der Waals surface area contributed by atoms with Gasteiger partial charge in [-0.1, -0.05) is 0 Å². The predicted molar refractivity (Wildman–Crippen MR) is 21.4 cm³/mol. The van der Waals surface area contributed by atoms with Gasteiger partial charge in [-0.2, -0.15) is 10.7 Å². The van der Waals surface area contributed by atoms with E-state index < -0.39 is 6.09 Å². The first-order valence-electron chi connectivity index (χ1n) is 1.42. The van der Waals surface area contributed by atoms with E-state index in [0.29, 0.717) is 0 Å². The van der Waals surface area contributed by atoms with Gasteiger partial charge >= 0.3 is 6.09 Å². The zero-order valence-corrected chi connectivity index (χ0v) is 3.46. The van der Waals surface area contributed by atoms with E-state index in [2.05, 4.69) is 11.7 Å². The molecule has 0 unspecified atom stereocenters. The molecule has 0 aliphatic heterocycles. The highest BCUT2D eigenvalue weighted by atomic mass is 16.4. The molecule has 0 rings (SSSR count). The monoisotopic (exact) mass is 106 g/mol. The van der Waals surface area contributed by atoms with Crippen molar-refractivity contribution in [1.29, 1.82) is 0 Å². The van der Waals surface area contributed by atoms with Crippen LogP contribution in [0.15, 0.2) is 0 Å². The molecule has 0 aromatic carbocycles. The van der Waals surface area contributed by atoms with Gasteiger partial charge in [-0.25, -0.2) is 10.6 Å². The zero-order valence-electron chi connectivity index (χ0n) is 3.46. The number of hydrazine groups is 3. The molecule has 0 aromatic heterocycles. The third-order valence-electron chi connectivity index (χ3n) is 0.345. The van der Waals surface area contributed by atoms with E-state index in [1.807, 2.05) is 0 Å². The quantitative estimate of drug-likeness (QED) is 0.180. The second kappa shape index (κ2) is 2.35. The van der Waals surface area contributed by atoms with E-state index in [0.717, 1.165) is 0 Å². The number of hydrogen-bond donors (Lipinski definition) is 4. The molecule has 42 valence electrons. The molecule has 1 amide bonds. The molecular weight excluding hydrogens is 100 g/mol. The Balaban J connectivity index is 3.34. The number of carboxylic acid groups (broad SMARTS) is 1. The summed E-state index contributed by atoms with van der Waals surface area (Å²) in [4.78, 5) is 9.59. The van der Waals surface area contributed by atoms with Gasteiger partial charge in [0.15, 0.2) is 0 Å². The van der Waals surface area contributed by atoms with Crippen molar-refractivity contribution in [1.82, 2.24) is 10.7 Å². The van der Waals surface area contributed by atoms with Crippen LogP contribution in [-0.4, -0.2) is 16.3 Å². The molecule has 0 aliphatic carbocycles. The third kappa shape index (κ3) is 1.93. The average Bonchev–Trinajstić information content (AvgIpc) is 1.65. The van der Waals surface area contributed by atoms with Crippen molar-refractivity contribution >= 4 is 6.09 Å². The summed E-state index contributed by atoms with van der Waals surface area (Å²) in [6, 6.07) is 0. The Hall–Kier alpha value is -0.850. The van der Waals surface area contributed by atoms with Crippen LogP contribution in [0.4, 0.5) is 4.79 Å². The molecule has 0 aliphatic rings. The maximum absolute atomic E-state index is 9.59.